The molecule has 0 spiro atoms. The second-order valence-corrected chi connectivity index (χ2v) is 5.27. The molecule has 1 aliphatic heterocycles. The summed E-state index contributed by atoms with van der Waals surface area (Å²) in [6, 6.07) is 5.77. The number of anilines is 1. The Morgan fingerprint density at radius 2 is 2.26 bits per heavy atom. The van der Waals surface area contributed by atoms with Gasteiger partial charge in [0.25, 0.3) is 5.69 Å². The van der Waals surface area contributed by atoms with Gasteiger partial charge in [-0.1, -0.05) is 6.42 Å². The Labute approximate surface area is 113 Å². The van der Waals surface area contributed by atoms with Crippen LogP contribution in [0.1, 0.15) is 24.8 Å². The fourth-order valence-corrected chi connectivity index (χ4v) is 2.61. The topological polar surface area (TPSA) is 58.4 Å². The molecule has 1 N–H and O–H groups in total. The van der Waals surface area contributed by atoms with Crippen LogP contribution >= 0.6 is 0 Å². The van der Waals surface area contributed by atoms with E-state index in [2.05, 4.69) is 17.3 Å². The summed E-state index contributed by atoms with van der Waals surface area (Å²) in [5, 5.41) is 14.1. The number of nitrogens with one attached hydrogen (secondary N) is 1. The third-order valence-electron chi connectivity index (χ3n) is 3.86. The third kappa shape index (κ3) is 3.44. The molecule has 1 aromatic rings. The zero-order valence-corrected chi connectivity index (χ0v) is 11.6. The van der Waals surface area contributed by atoms with E-state index in [4.69, 9.17) is 0 Å². The molecule has 1 heterocycles. The van der Waals surface area contributed by atoms with Crippen LogP contribution in [0.2, 0.25) is 0 Å². The van der Waals surface area contributed by atoms with Gasteiger partial charge in [0.2, 0.25) is 0 Å². The number of nitro benzene ring substituents is 1. The quantitative estimate of drug-likeness (QED) is 0.670. The molecule has 5 nitrogen and oxygen atoms in total. The van der Waals surface area contributed by atoms with Gasteiger partial charge in [0.05, 0.1) is 4.92 Å². The first kappa shape index (κ1) is 13.8. The highest BCUT2D eigenvalue weighted by Gasteiger charge is 2.18. The van der Waals surface area contributed by atoms with Crippen molar-refractivity contribution in [2.45, 2.75) is 32.2 Å². The number of nitro groups is 1. The van der Waals surface area contributed by atoms with Gasteiger partial charge < -0.3 is 10.2 Å². The number of aryl methyl sites for hydroxylation is 1. The second kappa shape index (κ2) is 6.02. The molecular formula is C14H21N3O2. The maximum absolute atomic E-state index is 10.8. The van der Waals surface area contributed by atoms with Crippen LogP contribution in [0.25, 0.3) is 0 Å². The van der Waals surface area contributed by atoms with Crippen molar-refractivity contribution in [1.29, 1.82) is 0 Å². The molecule has 1 aliphatic rings. The second-order valence-electron chi connectivity index (χ2n) is 5.27. The van der Waals surface area contributed by atoms with Crippen molar-refractivity contribution in [1.82, 2.24) is 4.90 Å². The van der Waals surface area contributed by atoms with Crippen LogP contribution in [0.4, 0.5) is 11.4 Å². The highest BCUT2D eigenvalue weighted by molar-refractivity contribution is 5.53. The lowest BCUT2D eigenvalue weighted by molar-refractivity contribution is -0.385. The van der Waals surface area contributed by atoms with Gasteiger partial charge in [-0.3, -0.25) is 10.1 Å². The van der Waals surface area contributed by atoms with Crippen LogP contribution in [-0.2, 0) is 0 Å². The number of hydrogen-bond donors (Lipinski definition) is 1. The molecule has 0 amide bonds. The van der Waals surface area contributed by atoms with Crippen molar-refractivity contribution in [3.63, 3.8) is 0 Å². The zero-order valence-electron chi connectivity index (χ0n) is 11.6. The largest absolute Gasteiger partial charge is 0.383 e. The first-order chi connectivity index (χ1) is 9.08. The number of benzene rings is 1. The molecule has 0 bridgehead atoms. The molecule has 0 radical (unpaired) electrons. The summed E-state index contributed by atoms with van der Waals surface area (Å²) in [7, 11) is 2.16. The molecule has 104 valence electrons. The summed E-state index contributed by atoms with van der Waals surface area (Å²) in [6.07, 6.45) is 3.79. The summed E-state index contributed by atoms with van der Waals surface area (Å²) in [5.74, 6) is 0. The molecule has 0 aliphatic carbocycles. The summed E-state index contributed by atoms with van der Waals surface area (Å²) >= 11 is 0. The molecule has 0 aromatic heterocycles. The Morgan fingerprint density at radius 3 is 2.89 bits per heavy atom. The maximum atomic E-state index is 10.8. The number of nitrogens with zero attached hydrogens (tertiary/aromatic N) is 2. The maximum Gasteiger partial charge on any atom is 0.272 e. The first-order valence-electron chi connectivity index (χ1n) is 6.77. The van der Waals surface area contributed by atoms with Gasteiger partial charge >= 0.3 is 0 Å². The number of rotatable bonds is 4. The van der Waals surface area contributed by atoms with Crippen LogP contribution in [0, 0.1) is 17.0 Å². The highest BCUT2D eigenvalue weighted by atomic mass is 16.6. The van der Waals surface area contributed by atoms with Gasteiger partial charge in [0.1, 0.15) is 0 Å². The van der Waals surface area contributed by atoms with Crippen LogP contribution < -0.4 is 5.32 Å². The van der Waals surface area contributed by atoms with Crippen LogP contribution in [0.15, 0.2) is 18.2 Å². The highest BCUT2D eigenvalue weighted by Crippen LogP contribution is 2.22. The van der Waals surface area contributed by atoms with E-state index in [1.807, 2.05) is 6.07 Å². The molecule has 1 atom stereocenters. The smallest absolute Gasteiger partial charge is 0.272 e. The van der Waals surface area contributed by atoms with E-state index in [0.717, 1.165) is 18.8 Å². The molecule has 1 aromatic carbocycles. The van der Waals surface area contributed by atoms with Gasteiger partial charge in [0.15, 0.2) is 0 Å². The van der Waals surface area contributed by atoms with E-state index in [9.17, 15) is 10.1 Å². The molecule has 2 rings (SSSR count). The number of hydrogen-bond acceptors (Lipinski definition) is 4. The predicted molar refractivity (Wildman–Crippen MR) is 76.6 cm³/mol. The molecule has 5 heteroatoms. The van der Waals surface area contributed by atoms with E-state index < -0.39 is 0 Å². The SMILES string of the molecule is Cc1cc(NCC2CCCCN2C)ccc1[N+](=O)[O-]. The molecule has 1 saturated heterocycles. The Hall–Kier alpha value is -1.62. The Balaban J connectivity index is 1.96. The van der Waals surface area contributed by atoms with E-state index >= 15 is 0 Å². The van der Waals surface area contributed by atoms with Crippen molar-refractivity contribution < 1.29 is 4.92 Å². The lowest BCUT2D eigenvalue weighted by Crippen LogP contribution is -2.40. The fourth-order valence-electron chi connectivity index (χ4n) is 2.61. The number of likely N-dealkylation sites (tertiary alicyclic amines) is 1. The van der Waals surface area contributed by atoms with Gasteiger partial charge in [-0.05, 0) is 45.5 Å². The molecule has 0 saturated carbocycles. The fraction of sp³-hybridized carbons (Fsp3) is 0.571. The van der Waals surface area contributed by atoms with Gasteiger partial charge in [-0.25, -0.2) is 0 Å². The van der Waals surface area contributed by atoms with E-state index in [1.165, 1.54) is 19.3 Å². The lowest BCUT2D eigenvalue weighted by atomic mass is 10.0. The van der Waals surface area contributed by atoms with E-state index in [0.29, 0.717) is 11.6 Å². The average molecular weight is 263 g/mol. The van der Waals surface area contributed by atoms with E-state index in [1.54, 1.807) is 19.1 Å². The van der Waals surface area contributed by atoms with Gasteiger partial charge in [-0.15, -0.1) is 0 Å². The summed E-state index contributed by atoms with van der Waals surface area (Å²) in [4.78, 5) is 12.8. The van der Waals surface area contributed by atoms with Gasteiger partial charge in [-0.2, -0.15) is 0 Å². The minimum Gasteiger partial charge on any atom is -0.383 e. The van der Waals surface area contributed by atoms with Crippen molar-refractivity contribution in [3.05, 3.63) is 33.9 Å². The zero-order chi connectivity index (χ0) is 13.8. The van der Waals surface area contributed by atoms with Crippen molar-refractivity contribution in [2.24, 2.45) is 0 Å². The normalized spacial score (nSPS) is 20.2. The first-order valence-corrected chi connectivity index (χ1v) is 6.77. The number of likely N-dealkylation sites (N-methyl/N-ethyl adjacent to an activating group) is 1. The molecular weight excluding hydrogens is 242 g/mol. The van der Waals surface area contributed by atoms with Crippen molar-refractivity contribution in [2.75, 3.05) is 25.5 Å². The average Bonchev–Trinajstić information content (AvgIpc) is 2.37. The van der Waals surface area contributed by atoms with Crippen LogP contribution in [0.5, 0.6) is 0 Å². The summed E-state index contributed by atoms with van der Waals surface area (Å²) < 4.78 is 0. The van der Waals surface area contributed by atoms with Crippen LogP contribution in [-0.4, -0.2) is 36.0 Å². The Morgan fingerprint density at radius 1 is 1.47 bits per heavy atom. The molecule has 1 fully saturated rings. The Kier molecular flexibility index (Phi) is 4.37. The lowest BCUT2D eigenvalue weighted by Gasteiger charge is -2.32. The van der Waals surface area contributed by atoms with Crippen LogP contribution in [0.3, 0.4) is 0 Å². The predicted octanol–water partition coefficient (Wildman–Crippen LogP) is 2.80. The minimum absolute atomic E-state index is 0.181. The van der Waals surface area contributed by atoms with Crippen molar-refractivity contribution >= 4 is 11.4 Å². The van der Waals surface area contributed by atoms with E-state index in [-0.39, 0.29) is 10.6 Å². The van der Waals surface area contributed by atoms with Gasteiger partial charge in [0, 0.05) is 29.9 Å². The number of piperidine rings is 1. The molecule has 1 unspecified atom stereocenters. The molecule has 19 heavy (non-hydrogen) atoms. The minimum atomic E-state index is -0.339. The summed E-state index contributed by atoms with van der Waals surface area (Å²) in [6.45, 7) is 3.83. The Bertz CT molecular complexity index is 462. The third-order valence-corrected chi connectivity index (χ3v) is 3.86. The summed E-state index contributed by atoms with van der Waals surface area (Å²) in [5.41, 5.74) is 1.84. The standard InChI is InChI=1S/C14H21N3O2/c1-11-9-12(6-7-14(11)17(18)19)15-10-13-5-3-4-8-16(13)2/h6-7,9,13,15H,3-5,8,10H2,1-2H3. The van der Waals surface area contributed by atoms with Crippen molar-refractivity contribution in [3.8, 4) is 0 Å². The monoisotopic (exact) mass is 263 g/mol.